The van der Waals surface area contributed by atoms with Gasteiger partial charge in [0.25, 0.3) is 0 Å². The van der Waals surface area contributed by atoms with Crippen molar-refractivity contribution in [3.63, 3.8) is 0 Å². The van der Waals surface area contributed by atoms with Crippen LogP contribution < -0.4 is 4.74 Å². The number of halogens is 4. The lowest BCUT2D eigenvalue weighted by molar-refractivity contribution is -0.275. The molecule has 1 nitrogen and oxygen atoms in total. The number of rotatable bonds is 6. The molecule has 0 aliphatic heterocycles. The Morgan fingerprint density at radius 1 is 0.871 bits per heavy atom. The Balaban J connectivity index is 1.27. The molecule has 0 saturated heterocycles. The summed E-state index contributed by atoms with van der Waals surface area (Å²) in [5.74, 6) is 3.61. The van der Waals surface area contributed by atoms with Gasteiger partial charge in [-0.25, -0.2) is 4.39 Å². The molecule has 6 atom stereocenters. The fraction of sp³-hybridized carbons (Fsp3) is 0.769. The third-order valence-corrected chi connectivity index (χ3v) is 8.52. The standard InChI is InChI=1S/C26H36F4O/c1-2-3-17-6-11-22-20(14-17)9-10-21-15-18(7-12-23(21)22)4-5-19-8-13-25(24(27)16-19)31-26(28,29)30/h8,13,16-18,20-23H,2-7,9-12,14-15H2,1H3/t17-,18?,20-,21+,22+,23+/m1/s1. The molecular formula is C26H36F4O. The van der Waals surface area contributed by atoms with Gasteiger partial charge in [0.15, 0.2) is 11.6 Å². The highest BCUT2D eigenvalue weighted by molar-refractivity contribution is 5.29. The van der Waals surface area contributed by atoms with Gasteiger partial charge < -0.3 is 4.74 Å². The molecule has 1 aromatic carbocycles. The zero-order valence-corrected chi connectivity index (χ0v) is 18.6. The number of hydrogen-bond donors (Lipinski definition) is 0. The maximum Gasteiger partial charge on any atom is 0.573 e. The molecular weight excluding hydrogens is 404 g/mol. The van der Waals surface area contributed by atoms with Crippen LogP contribution in [0.15, 0.2) is 18.2 Å². The third kappa shape index (κ3) is 5.76. The van der Waals surface area contributed by atoms with Gasteiger partial charge in [0.05, 0.1) is 0 Å². The first kappa shape index (κ1) is 22.9. The van der Waals surface area contributed by atoms with Gasteiger partial charge in [0, 0.05) is 0 Å². The van der Waals surface area contributed by atoms with Crippen LogP contribution >= 0.6 is 0 Å². The first-order valence-corrected chi connectivity index (χ1v) is 12.4. The number of fused-ring (bicyclic) bond motifs is 3. The molecule has 0 bridgehead atoms. The van der Waals surface area contributed by atoms with Gasteiger partial charge in [-0.3, -0.25) is 0 Å². The van der Waals surface area contributed by atoms with Gasteiger partial charge in [-0.05, 0) is 105 Å². The van der Waals surface area contributed by atoms with E-state index in [4.69, 9.17) is 0 Å². The van der Waals surface area contributed by atoms with E-state index in [-0.39, 0.29) is 0 Å². The summed E-state index contributed by atoms with van der Waals surface area (Å²) in [6.45, 7) is 2.31. The average Bonchev–Trinajstić information content (AvgIpc) is 2.73. The smallest absolute Gasteiger partial charge is 0.403 e. The van der Waals surface area contributed by atoms with Gasteiger partial charge >= 0.3 is 6.36 Å². The number of alkyl halides is 3. The zero-order chi connectivity index (χ0) is 22.0. The number of ether oxygens (including phenoxy) is 1. The average molecular weight is 441 g/mol. The summed E-state index contributed by atoms with van der Waals surface area (Å²) in [7, 11) is 0. The second kappa shape index (κ2) is 9.70. The molecule has 0 spiro atoms. The summed E-state index contributed by atoms with van der Waals surface area (Å²) >= 11 is 0. The van der Waals surface area contributed by atoms with E-state index in [1.807, 2.05) is 0 Å². The van der Waals surface area contributed by atoms with Crippen molar-refractivity contribution in [2.24, 2.45) is 35.5 Å². The summed E-state index contributed by atoms with van der Waals surface area (Å²) in [6.07, 6.45) is 10.6. The molecule has 4 rings (SSSR count). The van der Waals surface area contributed by atoms with Gasteiger partial charge in [0.2, 0.25) is 0 Å². The fourth-order valence-electron chi connectivity index (χ4n) is 7.20. The van der Waals surface area contributed by atoms with E-state index in [0.717, 1.165) is 54.1 Å². The second-order valence-electron chi connectivity index (χ2n) is 10.4. The van der Waals surface area contributed by atoms with E-state index in [2.05, 4.69) is 11.7 Å². The van der Waals surface area contributed by atoms with Gasteiger partial charge in [-0.1, -0.05) is 38.7 Å². The molecule has 31 heavy (non-hydrogen) atoms. The summed E-state index contributed by atoms with van der Waals surface area (Å²) < 4.78 is 54.7. The van der Waals surface area contributed by atoms with Crippen molar-refractivity contribution >= 4 is 0 Å². The molecule has 0 heterocycles. The Bertz CT molecular complexity index is 731. The molecule has 3 saturated carbocycles. The van der Waals surface area contributed by atoms with E-state index in [1.54, 1.807) is 6.07 Å². The van der Waals surface area contributed by atoms with Crippen molar-refractivity contribution in [2.45, 2.75) is 90.3 Å². The largest absolute Gasteiger partial charge is 0.573 e. The lowest BCUT2D eigenvalue weighted by Gasteiger charge is -2.51. The number of hydrogen-bond acceptors (Lipinski definition) is 1. The summed E-state index contributed by atoms with van der Waals surface area (Å²) in [4.78, 5) is 0. The quantitative estimate of drug-likeness (QED) is 0.404. The molecule has 1 aromatic rings. The second-order valence-corrected chi connectivity index (χ2v) is 10.4. The van der Waals surface area contributed by atoms with Crippen molar-refractivity contribution in [3.05, 3.63) is 29.6 Å². The molecule has 0 aromatic heterocycles. The monoisotopic (exact) mass is 440 g/mol. The van der Waals surface area contributed by atoms with E-state index >= 15 is 0 Å². The molecule has 1 unspecified atom stereocenters. The Hall–Kier alpha value is -1.26. The Morgan fingerprint density at radius 3 is 2.03 bits per heavy atom. The van der Waals surface area contributed by atoms with Crippen LogP contribution in [-0.2, 0) is 6.42 Å². The molecule has 174 valence electrons. The first-order chi connectivity index (χ1) is 14.8. The van der Waals surface area contributed by atoms with E-state index < -0.39 is 17.9 Å². The molecule has 5 heteroatoms. The highest BCUT2D eigenvalue weighted by Crippen LogP contribution is 2.54. The summed E-state index contributed by atoms with van der Waals surface area (Å²) in [6, 6.07) is 3.87. The Kier molecular flexibility index (Phi) is 7.17. The molecule has 3 aliphatic carbocycles. The third-order valence-electron chi connectivity index (χ3n) is 8.52. The molecule has 3 aliphatic rings. The predicted octanol–water partition coefficient (Wildman–Crippen LogP) is 8.32. The van der Waals surface area contributed by atoms with Crippen molar-refractivity contribution < 1.29 is 22.3 Å². The van der Waals surface area contributed by atoms with Crippen LogP contribution in [0.1, 0.15) is 83.1 Å². The summed E-state index contributed by atoms with van der Waals surface area (Å²) in [5, 5.41) is 0. The van der Waals surface area contributed by atoms with Crippen LogP contribution in [0.2, 0.25) is 0 Å². The number of benzene rings is 1. The maximum absolute atomic E-state index is 14.0. The van der Waals surface area contributed by atoms with Crippen molar-refractivity contribution in [3.8, 4) is 5.75 Å². The van der Waals surface area contributed by atoms with Crippen LogP contribution in [0.25, 0.3) is 0 Å². The van der Waals surface area contributed by atoms with Gasteiger partial charge in [-0.2, -0.15) is 0 Å². The van der Waals surface area contributed by atoms with E-state index in [0.29, 0.717) is 5.92 Å². The van der Waals surface area contributed by atoms with Gasteiger partial charge in [-0.15, -0.1) is 13.2 Å². The van der Waals surface area contributed by atoms with Crippen LogP contribution in [0, 0.1) is 41.3 Å². The summed E-state index contributed by atoms with van der Waals surface area (Å²) in [5.41, 5.74) is 0.757. The normalized spacial score (nSPS) is 33.5. The fourth-order valence-corrected chi connectivity index (χ4v) is 7.20. The van der Waals surface area contributed by atoms with Crippen LogP contribution in [0.3, 0.4) is 0 Å². The lowest BCUT2D eigenvalue weighted by atomic mass is 9.55. The highest BCUT2D eigenvalue weighted by atomic mass is 19.4. The minimum atomic E-state index is -4.87. The minimum Gasteiger partial charge on any atom is -0.403 e. The SMILES string of the molecule is CCC[C@@H]1CC[C@H]2[C@H](CC[C@H]3CC(CCc4ccc(OC(F)(F)F)c(F)c4)CC[C@@H]32)C1. The lowest BCUT2D eigenvalue weighted by Crippen LogP contribution is -2.41. The van der Waals surface area contributed by atoms with Crippen molar-refractivity contribution in [1.82, 2.24) is 0 Å². The Labute approximate surface area is 183 Å². The van der Waals surface area contributed by atoms with Crippen LogP contribution in [0.5, 0.6) is 5.75 Å². The maximum atomic E-state index is 14.0. The molecule has 0 radical (unpaired) electrons. The van der Waals surface area contributed by atoms with Crippen molar-refractivity contribution in [2.75, 3.05) is 0 Å². The minimum absolute atomic E-state index is 0.656. The van der Waals surface area contributed by atoms with Crippen LogP contribution in [-0.4, -0.2) is 6.36 Å². The predicted molar refractivity (Wildman–Crippen MR) is 114 cm³/mol. The first-order valence-electron chi connectivity index (χ1n) is 12.4. The topological polar surface area (TPSA) is 9.23 Å². The number of aryl methyl sites for hydroxylation is 1. The molecule has 3 fully saturated rings. The van der Waals surface area contributed by atoms with E-state index in [1.165, 1.54) is 70.3 Å². The van der Waals surface area contributed by atoms with Crippen molar-refractivity contribution in [1.29, 1.82) is 0 Å². The zero-order valence-electron chi connectivity index (χ0n) is 18.6. The highest BCUT2D eigenvalue weighted by Gasteiger charge is 2.44. The van der Waals surface area contributed by atoms with Crippen LogP contribution in [0.4, 0.5) is 17.6 Å². The molecule has 0 N–H and O–H groups in total. The van der Waals surface area contributed by atoms with Gasteiger partial charge in [0.1, 0.15) is 0 Å². The Morgan fingerprint density at radius 2 is 1.48 bits per heavy atom. The van der Waals surface area contributed by atoms with E-state index in [9.17, 15) is 17.6 Å². The molecule has 0 amide bonds.